The molecule has 2 N–H and O–H groups in total. The van der Waals surface area contributed by atoms with Gasteiger partial charge in [-0.05, 0) is 47.5 Å². The Morgan fingerprint density at radius 3 is 2.44 bits per heavy atom. The Morgan fingerprint density at radius 1 is 1.00 bits per heavy atom. The average molecular weight is 349 g/mol. The first-order valence-corrected chi connectivity index (χ1v) is 8.00. The van der Waals surface area contributed by atoms with Crippen molar-refractivity contribution >= 4 is 28.3 Å². The van der Waals surface area contributed by atoms with Crippen molar-refractivity contribution in [3.05, 3.63) is 82.5 Å². The first-order chi connectivity index (χ1) is 12.1. The summed E-state index contributed by atoms with van der Waals surface area (Å²) in [6.45, 7) is 0. The van der Waals surface area contributed by atoms with Gasteiger partial charge < -0.3 is 5.73 Å². The summed E-state index contributed by atoms with van der Waals surface area (Å²) in [6, 6.07) is 16.6. The molecule has 0 fully saturated rings. The highest BCUT2D eigenvalue weighted by Gasteiger charge is 2.15. The lowest BCUT2D eigenvalue weighted by atomic mass is 10.0. The van der Waals surface area contributed by atoms with E-state index >= 15 is 0 Å². The molecule has 122 valence electrons. The maximum absolute atomic E-state index is 12.5. The third-order valence-electron chi connectivity index (χ3n) is 3.99. The predicted octanol–water partition coefficient (Wildman–Crippen LogP) is 3.68. The van der Waals surface area contributed by atoms with Crippen molar-refractivity contribution in [2.75, 3.05) is 5.73 Å². The lowest BCUT2D eigenvalue weighted by molar-refractivity contribution is 0.965. The Kier molecular flexibility index (Phi) is 3.71. The fourth-order valence-corrected chi connectivity index (χ4v) is 3.15. The summed E-state index contributed by atoms with van der Waals surface area (Å²) in [4.78, 5) is 20.6. The zero-order chi connectivity index (χ0) is 17.4. The van der Waals surface area contributed by atoms with E-state index in [4.69, 9.17) is 17.3 Å². The van der Waals surface area contributed by atoms with Crippen LogP contribution in [0.25, 0.3) is 27.7 Å². The van der Waals surface area contributed by atoms with Crippen LogP contribution >= 0.6 is 11.6 Å². The molecule has 4 rings (SSSR count). The molecule has 0 aliphatic carbocycles. The number of nitrogens with zero attached hydrogens (tertiary/aromatic N) is 3. The number of rotatable bonds is 2. The van der Waals surface area contributed by atoms with Crippen molar-refractivity contribution in [2.45, 2.75) is 0 Å². The van der Waals surface area contributed by atoms with Crippen LogP contribution in [0, 0.1) is 0 Å². The molecule has 2 aromatic carbocycles. The van der Waals surface area contributed by atoms with Crippen molar-refractivity contribution in [2.24, 2.45) is 0 Å². The number of pyridine rings is 1. The number of halogens is 1. The molecule has 0 bridgehead atoms. The number of hydrogen-bond donors (Lipinski definition) is 1. The van der Waals surface area contributed by atoms with E-state index in [2.05, 4.69) is 9.97 Å². The Bertz CT molecular complexity index is 1120. The Balaban J connectivity index is 2.17. The molecule has 0 radical (unpaired) electrons. The number of hydrogen-bond acceptors (Lipinski definition) is 4. The van der Waals surface area contributed by atoms with Gasteiger partial charge in [0.15, 0.2) is 0 Å². The molecule has 0 unspecified atom stereocenters. The summed E-state index contributed by atoms with van der Waals surface area (Å²) in [5, 5.41) is 1.19. The molecular weight excluding hydrogens is 336 g/mol. The van der Waals surface area contributed by atoms with Gasteiger partial charge in [0.25, 0.3) is 0 Å². The van der Waals surface area contributed by atoms with E-state index in [1.54, 1.807) is 18.5 Å². The van der Waals surface area contributed by atoms with Crippen LogP contribution in [-0.4, -0.2) is 14.5 Å². The molecule has 2 aromatic heterocycles. The second-order valence-electron chi connectivity index (χ2n) is 5.53. The third kappa shape index (κ3) is 2.64. The topological polar surface area (TPSA) is 73.8 Å². The van der Waals surface area contributed by atoms with E-state index in [9.17, 15) is 4.79 Å². The minimum absolute atomic E-state index is 0.177. The number of para-hydroxylation sites is 1. The molecular formula is C19H13ClN4O. The molecule has 0 saturated heterocycles. The van der Waals surface area contributed by atoms with Crippen LogP contribution in [0.2, 0.25) is 5.02 Å². The second-order valence-corrected chi connectivity index (χ2v) is 5.97. The lowest BCUT2D eigenvalue weighted by Crippen LogP contribution is -2.23. The number of aromatic nitrogens is 3. The first-order valence-electron chi connectivity index (χ1n) is 7.63. The molecule has 0 spiro atoms. The van der Waals surface area contributed by atoms with Crippen LogP contribution < -0.4 is 11.4 Å². The molecule has 0 amide bonds. The van der Waals surface area contributed by atoms with Gasteiger partial charge in [-0.2, -0.15) is 4.98 Å². The fourth-order valence-electron chi connectivity index (χ4n) is 2.94. The Hall–Kier alpha value is -3.18. The van der Waals surface area contributed by atoms with E-state index in [1.165, 1.54) is 4.57 Å². The van der Waals surface area contributed by atoms with Crippen molar-refractivity contribution in [3.8, 4) is 16.8 Å². The van der Waals surface area contributed by atoms with Gasteiger partial charge in [-0.15, -0.1) is 0 Å². The number of anilines is 1. The van der Waals surface area contributed by atoms with Gasteiger partial charge in [0, 0.05) is 22.8 Å². The van der Waals surface area contributed by atoms with E-state index in [0.29, 0.717) is 21.6 Å². The predicted molar refractivity (Wildman–Crippen MR) is 100.0 cm³/mol. The van der Waals surface area contributed by atoms with E-state index < -0.39 is 5.69 Å². The molecule has 25 heavy (non-hydrogen) atoms. The highest BCUT2D eigenvalue weighted by Crippen LogP contribution is 2.34. The van der Waals surface area contributed by atoms with E-state index in [0.717, 1.165) is 11.1 Å². The summed E-state index contributed by atoms with van der Waals surface area (Å²) in [6.07, 6.45) is 3.39. The monoisotopic (exact) mass is 348 g/mol. The molecule has 5 nitrogen and oxygen atoms in total. The summed E-state index contributed by atoms with van der Waals surface area (Å²) >= 11 is 6.35. The van der Waals surface area contributed by atoms with Gasteiger partial charge in [-0.1, -0.05) is 29.8 Å². The SMILES string of the molecule is Nc1nc(=O)n(-c2ccccc2)c2cc(Cl)cc(-c3ccncc3)c12. The number of nitrogens with two attached hydrogens (primary N) is 1. The Labute approximate surface area is 148 Å². The largest absolute Gasteiger partial charge is 0.383 e. The van der Waals surface area contributed by atoms with Crippen molar-refractivity contribution in [1.29, 1.82) is 0 Å². The molecule has 0 saturated carbocycles. The summed E-state index contributed by atoms with van der Waals surface area (Å²) in [7, 11) is 0. The van der Waals surface area contributed by atoms with Crippen LogP contribution in [0.15, 0.2) is 71.8 Å². The van der Waals surface area contributed by atoms with Gasteiger partial charge >= 0.3 is 5.69 Å². The molecule has 4 aromatic rings. The quantitative estimate of drug-likeness (QED) is 0.599. The Morgan fingerprint density at radius 2 is 1.72 bits per heavy atom. The minimum Gasteiger partial charge on any atom is -0.383 e. The maximum atomic E-state index is 12.5. The summed E-state index contributed by atoms with van der Waals surface area (Å²) in [5.74, 6) is 0.177. The fraction of sp³-hybridized carbons (Fsp3) is 0. The molecule has 0 aliphatic heterocycles. The average Bonchev–Trinajstić information content (AvgIpc) is 2.62. The normalized spacial score (nSPS) is 10.9. The molecule has 0 atom stereocenters. The zero-order valence-corrected chi connectivity index (χ0v) is 13.8. The number of benzene rings is 2. The number of fused-ring (bicyclic) bond motifs is 1. The highest BCUT2D eigenvalue weighted by molar-refractivity contribution is 6.32. The van der Waals surface area contributed by atoms with Crippen LogP contribution in [0.4, 0.5) is 5.82 Å². The first kappa shape index (κ1) is 15.4. The second kappa shape index (κ2) is 6.03. The molecule has 2 heterocycles. The van der Waals surface area contributed by atoms with Gasteiger partial charge in [0.2, 0.25) is 0 Å². The van der Waals surface area contributed by atoms with Crippen LogP contribution in [0.1, 0.15) is 0 Å². The van der Waals surface area contributed by atoms with Crippen LogP contribution in [-0.2, 0) is 0 Å². The minimum atomic E-state index is -0.445. The molecule has 6 heteroatoms. The van der Waals surface area contributed by atoms with Crippen LogP contribution in [0.5, 0.6) is 0 Å². The molecule has 0 aliphatic rings. The van der Waals surface area contributed by atoms with Crippen molar-refractivity contribution < 1.29 is 0 Å². The maximum Gasteiger partial charge on any atom is 0.354 e. The standard InChI is InChI=1S/C19H13ClN4O/c20-13-10-15(12-6-8-22-9-7-12)17-16(11-13)24(19(25)23-18(17)21)14-4-2-1-3-5-14/h1-11H,(H2,21,23,25). The van der Waals surface area contributed by atoms with E-state index in [1.807, 2.05) is 48.5 Å². The lowest BCUT2D eigenvalue weighted by Gasteiger charge is -2.15. The van der Waals surface area contributed by atoms with E-state index in [-0.39, 0.29) is 5.82 Å². The van der Waals surface area contributed by atoms with Gasteiger partial charge in [-0.25, -0.2) is 4.79 Å². The third-order valence-corrected chi connectivity index (χ3v) is 4.21. The van der Waals surface area contributed by atoms with Crippen molar-refractivity contribution in [1.82, 2.24) is 14.5 Å². The van der Waals surface area contributed by atoms with Gasteiger partial charge in [0.05, 0.1) is 11.2 Å². The summed E-state index contributed by atoms with van der Waals surface area (Å²) < 4.78 is 1.52. The highest BCUT2D eigenvalue weighted by atomic mass is 35.5. The van der Waals surface area contributed by atoms with Gasteiger partial charge in [-0.3, -0.25) is 9.55 Å². The van der Waals surface area contributed by atoms with Crippen molar-refractivity contribution in [3.63, 3.8) is 0 Å². The zero-order valence-electron chi connectivity index (χ0n) is 13.1. The number of nitrogen functional groups attached to an aromatic ring is 1. The van der Waals surface area contributed by atoms with Crippen LogP contribution in [0.3, 0.4) is 0 Å². The van der Waals surface area contributed by atoms with Gasteiger partial charge in [0.1, 0.15) is 5.82 Å². The summed E-state index contributed by atoms with van der Waals surface area (Å²) in [5.41, 5.74) is 8.68. The smallest absolute Gasteiger partial charge is 0.354 e.